The summed E-state index contributed by atoms with van der Waals surface area (Å²) in [7, 11) is 1.67. The molecular weight excluding hydrogens is 158 g/mol. The molecule has 2 aromatic rings. The van der Waals surface area contributed by atoms with Gasteiger partial charge in [0.2, 0.25) is 0 Å². The van der Waals surface area contributed by atoms with Crippen LogP contribution in [0, 0.1) is 0 Å². The molecule has 2 nitrogen and oxygen atoms in total. The quantitative estimate of drug-likeness (QED) is 0.581. The maximum Gasteiger partial charge on any atom is 0.278 e. The Kier molecular flexibility index (Phi) is 1.51. The number of thiazole rings is 1. The molecule has 0 aliphatic carbocycles. The van der Waals surface area contributed by atoms with Crippen molar-refractivity contribution in [3.63, 3.8) is 0 Å². The maximum atomic E-state index is 5.09. The van der Waals surface area contributed by atoms with Crippen molar-refractivity contribution in [2.75, 3.05) is 7.11 Å². The van der Waals surface area contributed by atoms with Gasteiger partial charge in [-0.2, -0.15) is 0 Å². The summed E-state index contributed by atoms with van der Waals surface area (Å²) in [4.78, 5) is 5.09. The van der Waals surface area contributed by atoms with Gasteiger partial charge in [0, 0.05) is 10.8 Å². The van der Waals surface area contributed by atoms with E-state index in [4.69, 9.17) is 4.84 Å². The highest BCUT2D eigenvalue weighted by molar-refractivity contribution is 7.16. The number of para-hydroxylation sites is 1. The molecule has 0 atom stereocenters. The zero-order chi connectivity index (χ0) is 7.68. The van der Waals surface area contributed by atoms with E-state index in [9.17, 15) is 0 Å². The Balaban J connectivity index is 2.76. The van der Waals surface area contributed by atoms with E-state index in [1.165, 1.54) is 4.70 Å². The molecule has 1 aromatic heterocycles. The summed E-state index contributed by atoms with van der Waals surface area (Å²) in [5.41, 5.74) is 3.07. The van der Waals surface area contributed by atoms with Crippen molar-refractivity contribution in [2.45, 2.75) is 0 Å². The van der Waals surface area contributed by atoms with Crippen molar-refractivity contribution in [1.82, 2.24) is 0 Å². The van der Waals surface area contributed by atoms with Crippen LogP contribution in [-0.2, 0) is 0 Å². The molecule has 0 bridgehead atoms. The first-order valence-electron chi connectivity index (χ1n) is 3.34. The summed E-state index contributed by atoms with van der Waals surface area (Å²) in [5, 5.41) is 0. The second kappa shape index (κ2) is 2.51. The fourth-order valence-electron chi connectivity index (χ4n) is 1.04. The van der Waals surface area contributed by atoms with Crippen LogP contribution in [0.1, 0.15) is 0 Å². The molecule has 0 fully saturated rings. The number of hydrogen-bond acceptors (Lipinski definition) is 2. The Morgan fingerprint density at radius 1 is 1.36 bits per heavy atom. The lowest BCUT2D eigenvalue weighted by Gasteiger charge is -1.85. The Morgan fingerprint density at radius 3 is 3.00 bits per heavy atom. The molecule has 1 heterocycles. The number of fused-ring (bicyclic) bond motifs is 1. The van der Waals surface area contributed by atoms with Gasteiger partial charge in [-0.05, 0) is 6.07 Å². The van der Waals surface area contributed by atoms with Gasteiger partial charge in [-0.15, -0.1) is 0 Å². The van der Waals surface area contributed by atoms with Crippen LogP contribution >= 0.6 is 11.3 Å². The molecule has 3 heteroatoms. The van der Waals surface area contributed by atoms with Crippen molar-refractivity contribution in [3.05, 3.63) is 29.8 Å². The largest absolute Gasteiger partial charge is 0.278 e. The fraction of sp³-hybridized carbons (Fsp3) is 0.125. The van der Waals surface area contributed by atoms with E-state index >= 15 is 0 Å². The van der Waals surface area contributed by atoms with E-state index in [0.29, 0.717) is 0 Å². The number of hydrogen-bond donors (Lipinski definition) is 0. The van der Waals surface area contributed by atoms with Crippen LogP contribution in [-0.4, -0.2) is 7.11 Å². The lowest BCUT2D eigenvalue weighted by molar-refractivity contribution is -0.862. The molecule has 0 saturated carbocycles. The molecular formula is C8H8NOS+. The molecule has 56 valence electrons. The van der Waals surface area contributed by atoms with Crippen molar-refractivity contribution in [1.29, 1.82) is 0 Å². The summed E-state index contributed by atoms with van der Waals surface area (Å²) >= 11 is 1.68. The summed E-state index contributed by atoms with van der Waals surface area (Å²) in [6.45, 7) is 0. The first-order chi connectivity index (χ1) is 5.42. The number of rotatable bonds is 1. The molecule has 11 heavy (non-hydrogen) atoms. The predicted molar refractivity (Wildman–Crippen MR) is 44.5 cm³/mol. The van der Waals surface area contributed by atoms with Crippen molar-refractivity contribution in [3.8, 4) is 0 Å². The number of nitrogens with zero attached hydrogens (tertiary/aromatic N) is 1. The molecule has 0 aliphatic heterocycles. The summed E-state index contributed by atoms with van der Waals surface area (Å²) in [6.07, 6.45) is 0. The van der Waals surface area contributed by atoms with Gasteiger partial charge in [0.05, 0.1) is 0 Å². The van der Waals surface area contributed by atoms with E-state index in [1.54, 1.807) is 23.2 Å². The van der Waals surface area contributed by atoms with Crippen LogP contribution < -0.4 is 9.57 Å². The van der Waals surface area contributed by atoms with Gasteiger partial charge in [-0.1, -0.05) is 23.5 Å². The van der Waals surface area contributed by atoms with E-state index < -0.39 is 0 Å². The molecule has 2 rings (SSSR count). The summed E-state index contributed by atoms with van der Waals surface area (Å²) in [5.74, 6) is 0. The van der Waals surface area contributed by atoms with Crippen LogP contribution in [0.25, 0.3) is 10.2 Å². The first-order valence-corrected chi connectivity index (χ1v) is 4.22. The van der Waals surface area contributed by atoms with Crippen LogP contribution in [0.15, 0.2) is 29.8 Å². The van der Waals surface area contributed by atoms with Gasteiger partial charge in [-0.3, -0.25) is 4.84 Å². The fourth-order valence-corrected chi connectivity index (χ4v) is 1.89. The molecule has 1 aromatic carbocycles. The van der Waals surface area contributed by atoms with Gasteiger partial charge >= 0.3 is 0 Å². The van der Waals surface area contributed by atoms with Gasteiger partial charge < -0.3 is 0 Å². The van der Waals surface area contributed by atoms with Crippen LogP contribution in [0.4, 0.5) is 0 Å². The average Bonchev–Trinajstić information content (AvgIpc) is 2.47. The highest BCUT2D eigenvalue weighted by atomic mass is 32.1. The molecule has 0 spiro atoms. The number of aromatic nitrogens is 1. The third kappa shape index (κ3) is 0.973. The van der Waals surface area contributed by atoms with E-state index in [0.717, 1.165) is 5.52 Å². The van der Waals surface area contributed by atoms with Crippen LogP contribution in [0.3, 0.4) is 0 Å². The second-order valence-electron chi connectivity index (χ2n) is 2.20. The van der Waals surface area contributed by atoms with E-state index in [1.807, 2.05) is 23.7 Å². The van der Waals surface area contributed by atoms with Gasteiger partial charge in [0.1, 0.15) is 11.8 Å². The zero-order valence-electron chi connectivity index (χ0n) is 6.15. The normalized spacial score (nSPS) is 10.3. The third-order valence-corrected chi connectivity index (χ3v) is 2.47. The molecule has 0 aliphatic rings. The predicted octanol–water partition coefficient (Wildman–Crippen LogP) is 1.25. The molecule has 0 amide bonds. The van der Waals surface area contributed by atoms with E-state index in [2.05, 4.69) is 6.07 Å². The van der Waals surface area contributed by atoms with Crippen LogP contribution in [0.2, 0.25) is 0 Å². The molecule has 0 unspecified atom stereocenters. The summed E-state index contributed by atoms with van der Waals surface area (Å²) in [6, 6.07) is 8.15. The smallest absolute Gasteiger partial charge is 0.273 e. The van der Waals surface area contributed by atoms with Gasteiger partial charge in [-0.25, -0.2) is 0 Å². The number of benzene rings is 1. The lowest BCUT2D eigenvalue weighted by atomic mass is 10.3. The molecule has 0 N–H and O–H groups in total. The second-order valence-corrected chi connectivity index (χ2v) is 3.09. The summed E-state index contributed by atoms with van der Waals surface area (Å²) < 4.78 is 3.01. The molecule has 0 radical (unpaired) electrons. The third-order valence-electron chi connectivity index (χ3n) is 1.57. The lowest BCUT2D eigenvalue weighted by Crippen LogP contribution is -2.38. The standard InChI is InChI=1S/C8H8NOS/c1-10-9-6-11-8-5-3-2-4-7(8)9/h2-6H,1H3/q+1. The Morgan fingerprint density at radius 2 is 2.18 bits per heavy atom. The first kappa shape index (κ1) is 6.61. The highest BCUT2D eigenvalue weighted by Crippen LogP contribution is 2.13. The maximum absolute atomic E-state index is 5.09. The topological polar surface area (TPSA) is 13.1 Å². The van der Waals surface area contributed by atoms with Crippen molar-refractivity contribution >= 4 is 21.6 Å². The Labute approximate surface area is 68.6 Å². The van der Waals surface area contributed by atoms with E-state index in [-0.39, 0.29) is 0 Å². The van der Waals surface area contributed by atoms with Crippen molar-refractivity contribution < 1.29 is 9.57 Å². The highest BCUT2D eigenvalue weighted by Gasteiger charge is 2.09. The van der Waals surface area contributed by atoms with Crippen LogP contribution in [0.5, 0.6) is 0 Å². The Hall–Kier alpha value is -1.09. The SMILES string of the molecule is CO[n+]1csc2ccccc21. The minimum atomic E-state index is 1.13. The van der Waals surface area contributed by atoms with Gasteiger partial charge in [0.25, 0.3) is 11.0 Å². The average molecular weight is 166 g/mol. The minimum Gasteiger partial charge on any atom is -0.273 e. The molecule has 0 saturated heterocycles. The minimum absolute atomic E-state index is 1.13. The monoisotopic (exact) mass is 166 g/mol. The van der Waals surface area contributed by atoms with Gasteiger partial charge in [0.15, 0.2) is 0 Å². The Bertz CT molecular complexity index is 369. The van der Waals surface area contributed by atoms with Crippen molar-refractivity contribution in [2.24, 2.45) is 0 Å². The zero-order valence-corrected chi connectivity index (χ0v) is 6.97.